The van der Waals surface area contributed by atoms with Crippen LogP contribution in [0.1, 0.15) is 17.5 Å². The fraction of sp³-hybridized carbons (Fsp3) is 0.240. The van der Waals surface area contributed by atoms with Gasteiger partial charge in [0.2, 0.25) is 0 Å². The van der Waals surface area contributed by atoms with Crippen LogP contribution in [0.3, 0.4) is 0 Å². The van der Waals surface area contributed by atoms with Crippen molar-refractivity contribution in [2.75, 3.05) is 19.2 Å². The molecule has 0 bridgehead atoms. The highest BCUT2D eigenvalue weighted by atomic mass is 35.5. The summed E-state index contributed by atoms with van der Waals surface area (Å²) in [6.45, 7) is 1.93. The predicted molar refractivity (Wildman–Crippen MR) is 124 cm³/mol. The van der Waals surface area contributed by atoms with E-state index in [1.807, 2.05) is 73.7 Å². The van der Waals surface area contributed by atoms with Crippen LogP contribution >= 0.6 is 11.6 Å². The molecule has 31 heavy (non-hydrogen) atoms. The number of hydrogen-bond acceptors (Lipinski definition) is 4. The van der Waals surface area contributed by atoms with Gasteiger partial charge in [0.25, 0.3) is 0 Å². The molecular weight excluding hydrogens is 414 g/mol. The molecule has 1 unspecified atom stereocenters. The molecule has 0 aliphatic carbocycles. The lowest BCUT2D eigenvalue weighted by Gasteiger charge is -2.23. The first-order valence-corrected chi connectivity index (χ1v) is 10.4. The summed E-state index contributed by atoms with van der Waals surface area (Å²) in [6, 6.07) is 21.4. The Bertz CT molecular complexity index is 1020. The van der Waals surface area contributed by atoms with E-state index < -0.39 is 12.1 Å². The van der Waals surface area contributed by atoms with Gasteiger partial charge in [0.15, 0.2) is 6.10 Å². The number of hydroxylamine groups is 1. The van der Waals surface area contributed by atoms with Gasteiger partial charge in [-0.05, 0) is 66.3 Å². The quantitative estimate of drug-likeness (QED) is 0.428. The molecular formula is C25H26ClNO4. The summed E-state index contributed by atoms with van der Waals surface area (Å²) in [5.41, 5.74) is 4.86. The topological polar surface area (TPSA) is 59.0 Å². The maximum absolute atomic E-state index is 11.8. The summed E-state index contributed by atoms with van der Waals surface area (Å²) >= 11 is 5.95. The first-order chi connectivity index (χ1) is 14.9. The zero-order valence-electron chi connectivity index (χ0n) is 17.8. The average molecular weight is 440 g/mol. The zero-order chi connectivity index (χ0) is 22.4. The second-order valence-corrected chi connectivity index (χ2v) is 7.77. The molecule has 5 nitrogen and oxygen atoms in total. The van der Waals surface area contributed by atoms with Crippen LogP contribution < -0.4 is 9.80 Å². The summed E-state index contributed by atoms with van der Waals surface area (Å²) in [6.07, 6.45) is -0.0412. The minimum absolute atomic E-state index is 0.347. The molecule has 0 radical (unpaired) electrons. The maximum Gasteiger partial charge on any atom is 0.344 e. The van der Waals surface area contributed by atoms with Crippen LogP contribution in [0.15, 0.2) is 66.7 Å². The van der Waals surface area contributed by atoms with Crippen molar-refractivity contribution in [1.29, 1.82) is 0 Å². The van der Waals surface area contributed by atoms with Gasteiger partial charge < -0.3 is 9.84 Å². The molecule has 1 atom stereocenters. The summed E-state index contributed by atoms with van der Waals surface area (Å²) in [7, 11) is 3.29. The van der Waals surface area contributed by atoms with Gasteiger partial charge in [0, 0.05) is 12.1 Å². The Balaban J connectivity index is 1.70. The molecule has 0 aliphatic rings. The van der Waals surface area contributed by atoms with Crippen molar-refractivity contribution in [3.63, 3.8) is 0 Å². The molecule has 0 heterocycles. The number of aryl methyl sites for hydroxylation is 2. The molecule has 162 valence electrons. The fourth-order valence-corrected chi connectivity index (χ4v) is 3.39. The lowest BCUT2D eigenvalue weighted by Crippen LogP contribution is -2.28. The maximum atomic E-state index is 11.8. The van der Waals surface area contributed by atoms with Crippen molar-refractivity contribution < 1.29 is 19.5 Å². The van der Waals surface area contributed by atoms with Gasteiger partial charge in [-0.1, -0.05) is 54.1 Å². The number of hydrogen-bond donors (Lipinski definition) is 1. The summed E-state index contributed by atoms with van der Waals surface area (Å²) in [5, 5.41) is 12.0. The van der Waals surface area contributed by atoms with Gasteiger partial charge in [0.05, 0.1) is 7.11 Å². The summed E-state index contributed by atoms with van der Waals surface area (Å²) < 4.78 is 5.90. The van der Waals surface area contributed by atoms with E-state index in [1.54, 1.807) is 19.2 Å². The third-order valence-corrected chi connectivity index (χ3v) is 5.35. The first-order valence-electron chi connectivity index (χ1n) is 10.00. The molecule has 0 fully saturated rings. The number of anilines is 1. The fourth-order valence-electron chi connectivity index (χ4n) is 3.26. The number of aliphatic carboxylic acids is 1. The van der Waals surface area contributed by atoms with Crippen LogP contribution in [0.2, 0.25) is 5.02 Å². The molecule has 0 amide bonds. The van der Waals surface area contributed by atoms with Gasteiger partial charge in [-0.25, -0.2) is 4.79 Å². The lowest BCUT2D eigenvalue weighted by molar-refractivity contribution is -0.145. The van der Waals surface area contributed by atoms with Crippen molar-refractivity contribution in [3.05, 3.63) is 82.9 Å². The van der Waals surface area contributed by atoms with Gasteiger partial charge in [-0.3, -0.25) is 9.90 Å². The van der Waals surface area contributed by atoms with E-state index in [1.165, 1.54) is 0 Å². The number of carboxylic acids is 1. The van der Waals surface area contributed by atoms with Crippen LogP contribution in [0.5, 0.6) is 5.75 Å². The molecule has 3 rings (SSSR count). The van der Waals surface area contributed by atoms with E-state index in [2.05, 4.69) is 0 Å². The van der Waals surface area contributed by atoms with Gasteiger partial charge in [0.1, 0.15) is 11.4 Å². The van der Waals surface area contributed by atoms with E-state index in [0.717, 1.165) is 22.3 Å². The van der Waals surface area contributed by atoms with Crippen LogP contribution in [-0.2, 0) is 16.1 Å². The molecule has 0 aliphatic heterocycles. The van der Waals surface area contributed by atoms with Crippen LogP contribution in [0, 0.1) is 6.92 Å². The van der Waals surface area contributed by atoms with E-state index in [4.69, 9.17) is 21.2 Å². The van der Waals surface area contributed by atoms with Crippen molar-refractivity contribution in [2.45, 2.75) is 25.9 Å². The number of nitrogens with zero attached hydrogens (tertiary/aromatic N) is 1. The Morgan fingerprint density at radius 3 is 2.23 bits per heavy atom. The normalized spacial score (nSPS) is 11.7. The molecule has 3 aromatic carbocycles. The minimum atomic E-state index is -0.995. The zero-order valence-corrected chi connectivity index (χ0v) is 18.6. The molecule has 1 N–H and O–H groups in total. The van der Waals surface area contributed by atoms with Gasteiger partial charge >= 0.3 is 5.97 Å². The van der Waals surface area contributed by atoms with E-state index in [0.29, 0.717) is 29.3 Å². The van der Waals surface area contributed by atoms with Gasteiger partial charge in [-0.2, -0.15) is 0 Å². The highest BCUT2D eigenvalue weighted by molar-refractivity contribution is 6.30. The van der Waals surface area contributed by atoms with Crippen LogP contribution in [0.4, 0.5) is 5.69 Å². The van der Waals surface area contributed by atoms with Crippen molar-refractivity contribution in [3.8, 4) is 16.9 Å². The molecule has 6 heteroatoms. The highest BCUT2D eigenvalue weighted by Crippen LogP contribution is 2.30. The number of benzene rings is 3. The number of ether oxygens (including phenoxy) is 1. The highest BCUT2D eigenvalue weighted by Gasteiger charge is 2.22. The Morgan fingerprint density at radius 1 is 1.03 bits per heavy atom. The average Bonchev–Trinajstić information content (AvgIpc) is 2.77. The Kier molecular flexibility index (Phi) is 7.55. The first kappa shape index (κ1) is 22.7. The summed E-state index contributed by atoms with van der Waals surface area (Å²) in [4.78, 5) is 17.1. The molecule has 0 saturated heterocycles. The predicted octanol–water partition coefficient (Wildman–Crippen LogP) is 5.78. The largest absolute Gasteiger partial charge is 0.479 e. The summed E-state index contributed by atoms with van der Waals surface area (Å²) in [5.74, 6) is -0.514. The Morgan fingerprint density at radius 2 is 1.65 bits per heavy atom. The Hall–Kier alpha value is -3.02. The number of carboxylic acid groups (broad SMARTS) is 1. The number of carbonyl (C=O) groups is 1. The lowest BCUT2D eigenvalue weighted by atomic mass is 10.0. The monoisotopic (exact) mass is 439 g/mol. The third-order valence-electron chi connectivity index (χ3n) is 5.10. The second-order valence-electron chi connectivity index (χ2n) is 7.34. The van der Waals surface area contributed by atoms with Gasteiger partial charge in [-0.15, -0.1) is 0 Å². The molecule has 0 saturated carbocycles. The van der Waals surface area contributed by atoms with Crippen LogP contribution in [-0.4, -0.2) is 31.3 Å². The SMILES string of the molecule is CON(C)c1ccc(C)cc1OC(CCc1ccc(-c2ccc(Cl)cc2)cc1)C(=O)O. The van der Waals surface area contributed by atoms with E-state index in [9.17, 15) is 9.90 Å². The smallest absolute Gasteiger partial charge is 0.344 e. The standard InChI is InChI=1S/C25H26ClNO4/c1-17-4-14-22(27(2)30-3)24(16-17)31-23(25(28)29)15-7-18-5-8-19(9-6-18)20-10-12-21(26)13-11-20/h4-6,8-14,16,23H,7,15H2,1-3H3,(H,28,29). The molecule has 0 spiro atoms. The number of rotatable bonds is 9. The van der Waals surface area contributed by atoms with E-state index >= 15 is 0 Å². The third kappa shape index (κ3) is 6.00. The second kappa shape index (κ2) is 10.3. The van der Waals surface area contributed by atoms with Crippen molar-refractivity contribution >= 4 is 23.3 Å². The van der Waals surface area contributed by atoms with Crippen LogP contribution in [0.25, 0.3) is 11.1 Å². The minimum Gasteiger partial charge on any atom is -0.479 e. The molecule has 0 aromatic heterocycles. The number of halogens is 1. The Labute approximate surface area is 187 Å². The molecule has 3 aromatic rings. The van der Waals surface area contributed by atoms with E-state index in [-0.39, 0.29) is 0 Å². The van der Waals surface area contributed by atoms with Crippen molar-refractivity contribution in [2.24, 2.45) is 0 Å². The van der Waals surface area contributed by atoms with Crippen molar-refractivity contribution in [1.82, 2.24) is 0 Å².